The molecule has 352 valence electrons. The molecule has 2 aromatic carbocycles. The molecular weight excluding hydrogens is 876 g/mol. The molecule has 1 aromatic heterocycles. The quantitative estimate of drug-likeness (QED) is 0.0492. The van der Waals surface area contributed by atoms with Gasteiger partial charge in [0.2, 0.25) is 5.91 Å². The summed E-state index contributed by atoms with van der Waals surface area (Å²) in [6, 6.07) is 8.33. The van der Waals surface area contributed by atoms with Crippen molar-refractivity contribution in [3.05, 3.63) is 100 Å². The second kappa shape index (κ2) is 21.9. The first kappa shape index (κ1) is 50.2. The number of nitrogens with two attached hydrogens (primary N) is 1. The Hall–Kier alpha value is -5.85. The number of fused-ring (bicyclic) bond motifs is 2. The predicted octanol–water partition coefficient (Wildman–Crippen LogP) is 5.76. The summed E-state index contributed by atoms with van der Waals surface area (Å²) in [6.45, 7) is -1.64. The molecule has 5 atom stereocenters. The maximum Gasteiger partial charge on any atom is 0.407 e. The summed E-state index contributed by atoms with van der Waals surface area (Å²) in [4.78, 5) is 37.0. The average Bonchev–Trinajstić information content (AvgIpc) is 3.45. The monoisotopic (exact) mass is 924 g/mol. The summed E-state index contributed by atoms with van der Waals surface area (Å²) in [6.07, 6.45) is -5.57. The Morgan fingerprint density at radius 2 is 1.60 bits per heavy atom. The SMILES string of the molecule is COC(=O)N[C@H](C(=O)N[C@@H](Cc1ccc(C#Cc2ccc(N3CC4CCC(C3)N4CC(F)F)nc2)cc1)[C@@H](O)CNCc1c(F)cc(C(N)=CC=NC(F)F)cc1F)C(C)(C)C(F)(F)F. The van der Waals surface area contributed by atoms with E-state index in [0.29, 0.717) is 55.7 Å². The lowest BCUT2D eigenvalue weighted by molar-refractivity contribution is -0.220. The van der Waals surface area contributed by atoms with Gasteiger partial charge in [-0.1, -0.05) is 24.0 Å². The van der Waals surface area contributed by atoms with Crippen LogP contribution in [0, 0.1) is 28.9 Å². The molecule has 3 heterocycles. The fourth-order valence-electron chi connectivity index (χ4n) is 7.58. The first-order valence-corrected chi connectivity index (χ1v) is 20.4. The molecule has 5 rings (SSSR count). The number of benzene rings is 2. The molecule has 2 bridgehead atoms. The second-order valence-corrected chi connectivity index (χ2v) is 16.2. The van der Waals surface area contributed by atoms with Gasteiger partial charge in [0.1, 0.15) is 23.5 Å². The Bertz CT molecular complexity index is 2190. The Balaban J connectivity index is 1.29. The Morgan fingerprint density at radius 3 is 2.15 bits per heavy atom. The highest BCUT2D eigenvalue weighted by Crippen LogP contribution is 2.41. The number of piperazine rings is 1. The van der Waals surface area contributed by atoms with Gasteiger partial charge in [0.15, 0.2) is 0 Å². The Kier molecular flexibility index (Phi) is 16.9. The molecule has 2 amide bonds. The lowest BCUT2D eigenvalue weighted by atomic mass is 9.82. The van der Waals surface area contributed by atoms with E-state index in [1.807, 2.05) is 16.3 Å². The molecule has 3 aromatic rings. The van der Waals surface area contributed by atoms with E-state index in [1.165, 1.54) is 0 Å². The molecule has 2 fully saturated rings. The number of aliphatic hydroxyl groups excluding tert-OH is 1. The third-order valence-electron chi connectivity index (χ3n) is 11.4. The van der Waals surface area contributed by atoms with Gasteiger partial charge in [0.05, 0.1) is 31.2 Å². The van der Waals surface area contributed by atoms with Crippen LogP contribution in [0.2, 0.25) is 0 Å². The number of ether oxygens (including phenoxy) is 1. The van der Waals surface area contributed by atoms with Crippen molar-refractivity contribution in [2.24, 2.45) is 16.1 Å². The first-order valence-electron chi connectivity index (χ1n) is 20.4. The van der Waals surface area contributed by atoms with Crippen LogP contribution in [0.25, 0.3) is 5.70 Å². The molecule has 6 N–H and O–H groups in total. The second-order valence-electron chi connectivity index (χ2n) is 16.2. The molecule has 65 heavy (non-hydrogen) atoms. The number of amides is 2. The summed E-state index contributed by atoms with van der Waals surface area (Å²) in [5.41, 5.74) is 3.61. The zero-order valence-corrected chi connectivity index (χ0v) is 35.5. The maximum atomic E-state index is 15.0. The molecule has 0 aliphatic carbocycles. The average molecular weight is 925 g/mol. The summed E-state index contributed by atoms with van der Waals surface area (Å²) in [7, 11) is 0.899. The number of carbonyl (C=O) groups excluding carboxylic acids is 2. The minimum absolute atomic E-state index is 0.0376. The molecule has 21 heteroatoms. The number of aliphatic hydroxyl groups is 1. The van der Waals surface area contributed by atoms with Crippen LogP contribution in [-0.4, -0.2) is 116 Å². The molecule has 2 aliphatic rings. The zero-order valence-electron chi connectivity index (χ0n) is 35.5. The number of alkyl carbamates (subject to hydrolysis) is 1. The molecule has 2 saturated heterocycles. The molecule has 12 nitrogen and oxygen atoms in total. The summed E-state index contributed by atoms with van der Waals surface area (Å²) >= 11 is 0. The van der Waals surface area contributed by atoms with Crippen molar-refractivity contribution in [2.75, 3.05) is 38.2 Å². The number of halogens is 9. The number of methoxy groups -OCH3 is 1. The minimum atomic E-state index is -5.00. The third-order valence-corrected chi connectivity index (χ3v) is 11.4. The smallest absolute Gasteiger partial charge is 0.407 e. The number of hydrogen-bond donors (Lipinski definition) is 5. The largest absolute Gasteiger partial charge is 0.453 e. The molecule has 0 spiro atoms. The van der Waals surface area contributed by atoms with Crippen LogP contribution in [0.3, 0.4) is 0 Å². The van der Waals surface area contributed by atoms with Crippen molar-refractivity contribution >= 4 is 29.7 Å². The van der Waals surface area contributed by atoms with Crippen LogP contribution in [0.5, 0.6) is 0 Å². The van der Waals surface area contributed by atoms with Gasteiger partial charge < -0.3 is 36.4 Å². The third kappa shape index (κ3) is 13.4. The standard InChI is InChI=1S/C44H49F9N8O4/c1-43(2,44(51,52)53)39(59-42(64)65-3)40(63)58-35(36(62)21-55-20-31-32(45)17-28(18-33(31)46)34(54)14-15-56-41(49)50)16-26-7-4-25(5-8-26)6-9-27-10-13-38(57-19-27)60-22-29-11-12-30(23-60)61(29)24-37(47)48/h4-5,7-8,10,13-15,17-19,29-30,35-37,39,41,55,62H,11-12,16,20-24,54H2,1-3H3,(H,58,63)(H,59,64)/t29?,30?,35-,36-,39+/m0/s1. The van der Waals surface area contributed by atoms with Gasteiger partial charge in [-0.15, -0.1) is 0 Å². The zero-order chi connectivity index (χ0) is 47.6. The predicted molar refractivity (Wildman–Crippen MR) is 224 cm³/mol. The van der Waals surface area contributed by atoms with Gasteiger partial charge in [0, 0.05) is 78.6 Å². The van der Waals surface area contributed by atoms with Crippen LogP contribution >= 0.6 is 0 Å². The van der Waals surface area contributed by atoms with Gasteiger partial charge in [-0.25, -0.2) is 32.3 Å². The van der Waals surface area contributed by atoms with Crippen molar-refractivity contribution in [1.29, 1.82) is 0 Å². The van der Waals surface area contributed by atoms with Crippen LogP contribution in [0.15, 0.2) is 65.8 Å². The van der Waals surface area contributed by atoms with E-state index in [9.17, 15) is 45.4 Å². The number of nitrogens with one attached hydrogen (secondary N) is 3. The first-order chi connectivity index (χ1) is 30.7. The lowest BCUT2D eigenvalue weighted by Crippen LogP contribution is -2.62. The van der Waals surface area contributed by atoms with E-state index in [2.05, 4.69) is 42.1 Å². The van der Waals surface area contributed by atoms with Gasteiger partial charge in [-0.05, 0) is 81.1 Å². The molecular formula is C44H49F9N8O4. The van der Waals surface area contributed by atoms with E-state index < -0.39 is 85.0 Å². The number of hydrogen-bond acceptors (Lipinski definition) is 10. The highest BCUT2D eigenvalue weighted by molar-refractivity contribution is 5.87. The minimum Gasteiger partial charge on any atom is -0.453 e. The number of anilines is 1. The fraction of sp³-hybridized carbons (Fsp3) is 0.455. The number of pyridine rings is 1. The lowest BCUT2D eigenvalue weighted by Gasteiger charge is -2.41. The van der Waals surface area contributed by atoms with E-state index in [-0.39, 0.29) is 36.3 Å². The van der Waals surface area contributed by atoms with Crippen molar-refractivity contribution < 1.29 is 58.9 Å². The topological polar surface area (TPSA) is 157 Å². The van der Waals surface area contributed by atoms with Gasteiger partial charge in [-0.2, -0.15) is 22.0 Å². The highest BCUT2D eigenvalue weighted by Gasteiger charge is 2.56. The molecule has 2 unspecified atom stereocenters. The number of aromatic nitrogens is 1. The van der Waals surface area contributed by atoms with Gasteiger partial charge in [-0.3, -0.25) is 9.69 Å². The number of carbonyl (C=O) groups is 2. The van der Waals surface area contributed by atoms with Gasteiger partial charge in [0.25, 0.3) is 6.43 Å². The van der Waals surface area contributed by atoms with Crippen LogP contribution < -0.4 is 26.6 Å². The summed E-state index contributed by atoms with van der Waals surface area (Å²) in [5, 5.41) is 18.3. The Labute approximate surface area is 369 Å². The number of aliphatic imine (C=N–C) groups is 1. The van der Waals surface area contributed by atoms with E-state index in [1.54, 1.807) is 36.5 Å². The molecule has 0 radical (unpaired) electrons. The Morgan fingerprint density at radius 1 is 0.985 bits per heavy atom. The normalized spacial score (nSPS) is 18.4. The van der Waals surface area contributed by atoms with Crippen LogP contribution in [-0.2, 0) is 22.5 Å². The molecule has 2 aliphatic heterocycles. The highest BCUT2D eigenvalue weighted by atomic mass is 19.4. The van der Waals surface area contributed by atoms with E-state index >= 15 is 8.78 Å². The van der Waals surface area contributed by atoms with Crippen molar-refractivity contribution in [2.45, 2.75) is 89.1 Å². The van der Waals surface area contributed by atoms with Crippen LogP contribution in [0.4, 0.5) is 50.1 Å². The van der Waals surface area contributed by atoms with Crippen molar-refractivity contribution in [3.63, 3.8) is 0 Å². The van der Waals surface area contributed by atoms with Crippen molar-refractivity contribution in [1.82, 2.24) is 25.8 Å². The number of allylic oxidation sites excluding steroid dienone is 1. The number of nitrogens with zero attached hydrogens (tertiary/aromatic N) is 4. The van der Waals surface area contributed by atoms with Gasteiger partial charge >= 0.3 is 18.8 Å². The van der Waals surface area contributed by atoms with E-state index in [0.717, 1.165) is 38.2 Å². The number of alkyl halides is 7. The summed E-state index contributed by atoms with van der Waals surface area (Å²) in [5.74, 6) is 3.27. The molecule has 0 saturated carbocycles. The fourth-order valence-corrected chi connectivity index (χ4v) is 7.58. The van der Waals surface area contributed by atoms with E-state index in [4.69, 9.17) is 5.73 Å². The maximum absolute atomic E-state index is 15.0. The number of rotatable bonds is 17. The van der Waals surface area contributed by atoms with Crippen molar-refractivity contribution in [3.8, 4) is 11.8 Å². The summed E-state index contributed by atoms with van der Waals surface area (Å²) < 4.78 is 128. The van der Waals surface area contributed by atoms with Crippen LogP contribution in [0.1, 0.15) is 54.5 Å².